The summed E-state index contributed by atoms with van der Waals surface area (Å²) in [5, 5.41) is 16.2. The minimum Gasteiger partial charge on any atom is -0.480 e. The number of nitrogens with zero attached hydrogens (tertiary/aromatic N) is 1. The van der Waals surface area contributed by atoms with Gasteiger partial charge in [-0.1, -0.05) is 27.7 Å². The molecular formula is C18H30N6O5. The Kier molecular flexibility index (Phi) is 9.26. The first-order valence-electron chi connectivity index (χ1n) is 9.36. The number of carbonyl (C=O) groups is 4. The summed E-state index contributed by atoms with van der Waals surface area (Å²) < 4.78 is 0. The molecule has 0 spiro atoms. The Labute approximate surface area is 169 Å². The molecule has 7 N–H and O–H groups in total. The average Bonchev–Trinajstić information content (AvgIpc) is 3.15. The molecule has 1 aromatic rings. The van der Waals surface area contributed by atoms with Gasteiger partial charge in [0.15, 0.2) is 0 Å². The van der Waals surface area contributed by atoms with Gasteiger partial charge in [0.2, 0.25) is 17.7 Å². The highest BCUT2D eigenvalue weighted by Crippen LogP contribution is 2.07. The van der Waals surface area contributed by atoms with Crippen LogP contribution in [0.4, 0.5) is 0 Å². The predicted octanol–water partition coefficient (Wildman–Crippen LogP) is -1.24. The second-order valence-electron chi connectivity index (χ2n) is 7.45. The molecule has 162 valence electrons. The van der Waals surface area contributed by atoms with E-state index in [2.05, 4.69) is 25.9 Å². The highest BCUT2D eigenvalue weighted by molar-refractivity contribution is 5.94. The van der Waals surface area contributed by atoms with Crippen LogP contribution in [-0.4, -0.2) is 63.4 Å². The van der Waals surface area contributed by atoms with Crippen molar-refractivity contribution in [3.8, 4) is 0 Å². The van der Waals surface area contributed by atoms with Crippen LogP contribution in [0.1, 0.15) is 33.4 Å². The molecule has 1 aromatic heterocycles. The van der Waals surface area contributed by atoms with E-state index < -0.39 is 48.4 Å². The summed E-state index contributed by atoms with van der Waals surface area (Å²) in [5.74, 6) is -3.29. The van der Waals surface area contributed by atoms with Crippen molar-refractivity contribution in [1.82, 2.24) is 25.9 Å². The summed E-state index contributed by atoms with van der Waals surface area (Å²) in [5.41, 5.74) is 6.42. The van der Waals surface area contributed by atoms with E-state index in [-0.39, 0.29) is 18.3 Å². The normalized spacial score (nSPS) is 14.2. The zero-order valence-electron chi connectivity index (χ0n) is 17.1. The second-order valence-corrected chi connectivity index (χ2v) is 7.45. The van der Waals surface area contributed by atoms with E-state index in [1.807, 2.05) is 0 Å². The van der Waals surface area contributed by atoms with Crippen LogP contribution < -0.4 is 21.7 Å². The lowest BCUT2D eigenvalue weighted by molar-refractivity contribution is -0.138. The smallest absolute Gasteiger partial charge is 0.322 e. The van der Waals surface area contributed by atoms with Crippen LogP contribution in [0.3, 0.4) is 0 Å². The van der Waals surface area contributed by atoms with Crippen molar-refractivity contribution in [1.29, 1.82) is 0 Å². The van der Waals surface area contributed by atoms with Gasteiger partial charge < -0.3 is 31.8 Å². The Morgan fingerprint density at radius 3 is 2.21 bits per heavy atom. The molecule has 3 amide bonds. The first-order chi connectivity index (χ1) is 13.5. The highest BCUT2D eigenvalue weighted by atomic mass is 16.4. The molecular weight excluding hydrogens is 380 g/mol. The van der Waals surface area contributed by atoms with Gasteiger partial charge in [0.1, 0.15) is 18.6 Å². The monoisotopic (exact) mass is 410 g/mol. The van der Waals surface area contributed by atoms with Crippen LogP contribution in [0.15, 0.2) is 12.5 Å². The average molecular weight is 410 g/mol. The molecule has 0 fully saturated rings. The molecule has 1 heterocycles. The van der Waals surface area contributed by atoms with E-state index in [4.69, 9.17) is 10.8 Å². The first-order valence-corrected chi connectivity index (χ1v) is 9.36. The lowest BCUT2D eigenvalue weighted by Gasteiger charge is -2.26. The van der Waals surface area contributed by atoms with E-state index in [1.54, 1.807) is 27.7 Å². The largest absolute Gasteiger partial charge is 0.480 e. The fraction of sp³-hybridized carbons (Fsp3) is 0.611. The number of aromatic nitrogens is 2. The van der Waals surface area contributed by atoms with Crippen LogP contribution in [0, 0.1) is 11.8 Å². The molecule has 0 aliphatic heterocycles. The molecule has 0 aliphatic carbocycles. The van der Waals surface area contributed by atoms with E-state index in [0.29, 0.717) is 5.69 Å². The zero-order chi connectivity index (χ0) is 22.1. The third-order valence-electron chi connectivity index (χ3n) is 4.29. The lowest BCUT2D eigenvalue weighted by Crippen LogP contribution is -2.58. The summed E-state index contributed by atoms with van der Waals surface area (Å²) in [6.07, 6.45) is 2.99. The number of aromatic amines is 1. The third-order valence-corrected chi connectivity index (χ3v) is 4.29. The summed E-state index contributed by atoms with van der Waals surface area (Å²) in [6, 6.07) is -2.74. The Hall–Kier alpha value is -2.95. The van der Waals surface area contributed by atoms with Gasteiger partial charge >= 0.3 is 5.97 Å². The van der Waals surface area contributed by atoms with Crippen LogP contribution in [0.5, 0.6) is 0 Å². The van der Waals surface area contributed by atoms with E-state index in [9.17, 15) is 19.2 Å². The number of amides is 3. The highest BCUT2D eigenvalue weighted by Gasteiger charge is 2.31. The third kappa shape index (κ3) is 7.90. The number of carbonyl (C=O) groups excluding carboxylic acids is 3. The molecule has 1 rings (SSSR count). The molecule has 29 heavy (non-hydrogen) atoms. The topological polar surface area (TPSA) is 179 Å². The van der Waals surface area contributed by atoms with Gasteiger partial charge in [-0.15, -0.1) is 0 Å². The van der Waals surface area contributed by atoms with Crippen molar-refractivity contribution in [3.05, 3.63) is 18.2 Å². The molecule has 0 saturated heterocycles. The Morgan fingerprint density at radius 2 is 1.72 bits per heavy atom. The number of carboxylic acids is 1. The maximum absolute atomic E-state index is 12.8. The number of imidazole rings is 1. The van der Waals surface area contributed by atoms with Crippen molar-refractivity contribution < 1.29 is 24.3 Å². The molecule has 3 atom stereocenters. The zero-order valence-corrected chi connectivity index (χ0v) is 17.1. The summed E-state index contributed by atoms with van der Waals surface area (Å²) in [6.45, 7) is 6.51. The van der Waals surface area contributed by atoms with Crippen LogP contribution in [0.25, 0.3) is 0 Å². The molecule has 0 aliphatic rings. The molecule has 11 nitrogen and oxygen atoms in total. The Bertz CT molecular complexity index is 704. The van der Waals surface area contributed by atoms with Gasteiger partial charge in [-0.25, -0.2) is 4.98 Å². The molecule has 0 radical (unpaired) electrons. The van der Waals surface area contributed by atoms with Crippen molar-refractivity contribution in [3.63, 3.8) is 0 Å². The molecule has 0 aromatic carbocycles. The molecule has 11 heteroatoms. The maximum atomic E-state index is 12.8. The van der Waals surface area contributed by atoms with Crippen molar-refractivity contribution in [2.45, 2.75) is 52.2 Å². The van der Waals surface area contributed by atoms with Crippen molar-refractivity contribution >= 4 is 23.7 Å². The number of hydrogen-bond donors (Lipinski definition) is 6. The Balaban J connectivity index is 2.91. The SMILES string of the molecule is CC(C)C(N)C(=O)NC(C(=O)NC(Cc1cnc[nH]1)C(=O)NCC(=O)O)C(C)C. The Morgan fingerprint density at radius 1 is 1.07 bits per heavy atom. The van der Waals surface area contributed by atoms with Crippen LogP contribution in [-0.2, 0) is 25.6 Å². The van der Waals surface area contributed by atoms with E-state index >= 15 is 0 Å². The number of nitrogens with one attached hydrogen (secondary N) is 4. The first kappa shape index (κ1) is 24.1. The standard InChI is InChI=1S/C18H30N6O5/c1-9(2)14(19)17(28)24-15(10(3)4)18(29)23-12(5-11-6-20-8-22-11)16(27)21-7-13(25)26/h6,8-10,12,14-15H,5,7,19H2,1-4H3,(H,20,22)(H,21,27)(H,23,29)(H,24,28)(H,25,26). The summed E-state index contributed by atoms with van der Waals surface area (Å²) >= 11 is 0. The fourth-order valence-corrected chi connectivity index (χ4v) is 2.46. The second kappa shape index (κ2) is 11.1. The van der Waals surface area contributed by atoms with Gasteiger partial charge in [-0.2, -0.15) is 0 Å². The number of carboxylic acid groups (broad SMARTS) is 1. The van der Waals surface area contributed by atoms with Gasteiger partial charge in [0.05, 0.1) is 12.4 Å². The number of hydrogen-bond acceptors (Lipinski definition) is 6. The molecule has 0 saturated carbocycles. The molecule has 0 bridgehead atoms. The quantitative estimate of drug-likeness (QED) is 0.264. The summed E-state index contributed by atoms with van der Waals surface area (Å²) in [7, 11) is 0. The van der Waals surface area contributed by atoms with E-state index in [0.717, 1.165) is 0 Å². The van der Waals surface area contributed by atoms with Gasteiger partial charge in [-0.3, -0.25) is 19.2 Å². The van der Waals surface area contributed by atoms with Gasteiger partial charge in [0.25, 0.3) is 0 Å². The number of rotatable bonds is 11. The fourth-order valence-electron chi connectivity index (χ4n) is 2.46. The van der Waals surface area contributed by atoms with Crippen LogP contribution in [0.2, 0.25) is 0 Å². The molecule has 3 unspecified atom stereocenters. The lowest BCUT2D eigenvalue weighted by atomic mass is 9.99. The minimum atomic E-state index is -1.21. The number of nitrogens with two attached hydrogens (primary N) is 1. The maximum Gasteiger partial charge on any atom is 0.322 e. The van der Waals surface area contributed by atoms with E-state index in [1.165, 1.54) is 12.5 Å². The number of H-pyrrole nitrogens is 1. The predicted molar refractivity (Wildman–Crippen MR) is 104 cm³/mol. The van der Waals surface area contributed by atoms with Crippen LogP contribution >= 0.6 is 0 Å². The summed E-state index contributed by atoms with van der Waals surface area (Å²) in [4.78, 5) is 54.9. The van der Waals surface area contributed by atoms with Crippen molar-refractivity contribution in [2.24, 2.45) is 17.6 Å². The van der Waals surface area contributed by atoms with Gasteiger partial charge in [0, 0.05) is 18.3 Å². The minimum absolute atomic E-state index is 0.0709. The van der Waals surface area contributed by atoms with Crippen molar-refractivity contribution in [2.75, 3.05) is 6.54 Å². The van der Waals surface area contributed by atoms with Gasteiger partial charge in [-0.05, 0) is 11.8 Å². The number of aliphatic carboxylic acids is 1.